The van der Waals surface area contributed by atoms with Crippen molar-refractivity contribution in [2.45, 2.75) is 32.2 Å². The average Bonchev–Trinajstić information content (AvgIpc) is 2.28. The van der Waals surface area contributed by atoms with E-state index in [1.54, 1.807) is 0 Å². The molecule has 16 heavy (non-hydrogen) atoms. The third-order valence-electron chi connectivity index (χ3n) is 2.57. The van der Waals surface area contributed by atoms with Gasteiger partial charge in [0.1, 0.15) is 6.04 Å². The van der Waals surface area contributed by atoms with Crippen LogP contribution < -0.4 is 5.73 Å². The summed E-state index contributed by atoms with van der Waals surface area (Å²) in [5.74, 6) is -0.329. The van der Waals surface area contributed by atoms with Crippen LogP contribution in [0.1, 0.15) is 24.0 Å². The summed E-state index contributed by atoms with van der Waals surface area (Å²) in [6.07, 6.45) is 2.52. The predicted octanol–water partition coefficient (Wildman–Crippen LogP) is 1.82. The minimum Gasteiger partial charge on any atom is -0.468 e. The van der Waals surface area contributed by atoms with Crippen molar-refractivity contribution >= 4 is 5.97 Å². The quantitative estimate of drug-likeness (QED) is 0.772. The summed E-state index contributed by atoms with van der Waals surface area (Å²) in [6, 6.07) is 7.88. The molecule has 1 aromatic rings. The highest BCUT2D eigenvalue weighted by Gasteiger charge is 2.12. The van der Waals surface area contributed by atoms with E-state index in [0.717, 1.165) is 12.8 Å². The Morgan fingerprint density at radius 2 is 2.25 bits per heavy atom. The molecule has 88 valence electrons. The molecule has 0 aliphatic heterocycles. The summed E-state index contributed by atoms with van der Waals surface area (Å²) in [5, 5.41) is 0. The second kappa shape index (κ2) is 6.28. The SMILES string of the molecule is COC(=O)C(N)CCCc1cccc(C)c1. The number of hydrogen-bond acceptors (Lipinski definition) is 3. The maximum Gasteiger partial charge on any atom is 0.322 e. The number of benzene rings is 1. The van der Waals surface area contributed by atoms with Crippen molar-refractivity contribution in [3.8, 4) is 0 Å². The van der Waals surface area contributed by atoms with Crippen molar-refractivity contribution in [1.29, 1.82) is 0 Å². The summed E-state index contributed by atoms with van der Waals surface area (Å²) in [5.41, 5.74) is 8.20. The highest BCUT2D eigenvalue weighted by molar-refractivity contribution is 5.75. The molecule has 0 heterocycles. The second-order valence-electron chi connectivity index (χ2n) is 4.01. The minimum atomic E-state index is -0.491. The highest BCUT2D eigenvalue weighted by atomic mass is 16.5. The van der Waals surface area contributed by atoms with Crippen molar-refractivity contribution < 1.29 is 9.53 Å². The standard InChI is InChI=1S/C13H19NO2/c1-10-5-3-6-11(9-10)7-4-8-12(14)13(15)16-2/h3,5-6,9,12H,4,7-8,14H2,1-2H3. The zero-order chi connectivity index (χ0) is 12.0. The van der Waals surface area contributed by atoms with Gasteiger partial charge in [-0.1, -0.05) is 29.8 Å². The molecule has 0 saturated carbocycles. The highest BCUT2D eigenvalue weighted by Crippen LogP contribution is 2.08. The Morgan fingerprint density at radius 1 is 1.50 bits per heavy atom. The number of rotatable bonds is 5. The van der Waals surface area contributed by atoms with Gasteiger partial charge in [-0.3, -0.25) is 4.79 Å². The van der Waals surface area contributed by atoms with E-state index in [-0.39, 0.29) is 5.97 Å². The molecule has 0 aliphatic rings. The lowest BCUT2D eigenvalue weighted by molar-refractivity contribution is -0.142. The van der Waals surface area contributed by atoms with Gasteiger partial charge < -0.3 is 10.5 Å². The zero-order valence-corrected chi connectivity index (χ0v) is 9.90. The number of ether oxygens (including phenoxy) is 1. The van der Waals surface area contributed by atoms with Gasteiger partial charge in [-0.2, -0.15) is 0 Å². The van der Waals surface area contributed by atoms with Crippen molar-refractivity contribution in [2.75, 3.05) is 7.11 Å². The van der Waals surface area contributed by atoms with Crippen LogP contribution in [0.5, 0.6) is 0 Å². The molecule has 0 saturated heterocycles. The van der Waals surface area contributed by atoms with Crippen LogP contribution in [0.15, 0.2) is 24.3 Å². The molecule has 1 unspecified atom stereocenters. The largest absolute Gasteiger partial charge is 0.468 e. The Morgan fingerprint density at radius 3 is 2.88 bits per heavy atom. The van der Waals surface area contributed by atoms with E-state index < -0.39 is 6.04 Å². The number of carbonyl (C=O) groups is 1. The molecule has 0 bridgehead atoms. The number of methoxy groups -OCH3 is 1. The summed E-state index contributed by atoms with van der Waals surface area (Å²) >= 11 is 0. The molecule has 0 aliphatic carbocycles. The van der Waals surface area contributed by atoms with Gasteiger partial charge in [-0.05, 0) is 31.7 Å². The fourth-order valence-electron chi connectivity index (χ4n) is 1.66. The maximum absolute atomic E-state index is 11.1. The Bertz CT molecular complexity index is 350. The fraction of sp³-hybridized carbons (Fsp3) is 0.462. The van der Waals surface area contributed by atoms with E-state index in [2.05, 4.69) is 29.9 Å². The normalized spacial score (nSPS) is 12.2. The molecule has 0 radical (unpaired) electrons. The van der Waals surface area contributed by atoms with Crippen molar-refractivity contribution in [3.63, 3.8) is 0 Å². The van der Waals surface area contributed by atoms with E-state index in [1.807, 2.05) is 6.07 Å². The Hall–Kier alpha value is -1.35. The summed E-state index contributed by atoms with van der Waals surface area (Å²) in [6.45, 7) is 2.07. The Balaban J connectivity index is 2.33. The van der Waals surface area contributed by atoms with Gasteiger partial charge in [0.25, 0.3) is 0 Å². The predicted molar refractivity (Wildman–Crippen MR) is 64.1 cm³/mol. The van der Waals surface area contributed by atoms with Gasteiger partial charge in [0, 0.05) is 0 Å². The number of nitrogens with two attached hydrogens (primary N) is 1. The monoisotopic (exact) mass is 221 g/mol. The molecule has 1 aromatic carbocycles. The van der Waals surface area contributed by atoms with E-state index in [1.165, 1.54) is 18.2 Å². The molecule has 1 atom stereocenters. The van der Waals surface area contributed by atoms with Crippen LogP contribution in [0.4, 0.5) is 0 Å². The van der Waals surface area contributed by atoms with Crippen LogP contribution >= 0.6 is 0 Å². The number of aryl methyl sites for hydroxylation is 2. The number of hydrogen-bond donors (Lipinski definition) is 1. The Kier molecular flexibility index (Phi) is 4.99. The van der Waals surface area contributed by atoms with E-state index in [4.69, 9.17) is 5.73 Å². The van der Waals surface area contributed by atoms with Gasteiger partial charge >= 0.3 is 5.97 Å². The van der Waals surface area contributed by atoms with E-state index >= 15 is 0 Å². The topological polar surface area (TPSA) is 52.3 Å². The molecule has 0 fully saturated rings. The lowest BCUT2D eigenvalue weighted by atomic mass is 10.0. The molecule has 3 heteroatoms. The molecule has 0 spiro atoms. The first-order valence-corrected chi connectivity index (χ1v) is 5.52. The molecule has 0 aromatic heterocycles. The van der Waals surface area contributed by atoms with Gasteiger partial charge in [-0.25, -0.2) is 0 Å². The Labute approximate surface area is 96.6 Å². The smallest absolute Gasteiger partial charge is 0.322 e. The second-order valence-corrected chi connectivity index (χ2v) is 4.01. The first-order valence-electron chi connectivity index (χ1n) is 5.52. The van der Waals surface area contributed by atoms with Crippen molar-refractivity contribution in [1.82, 2.24) is 0 Å². The van der Waals surface area contributed by atoms with Gasteiger partial charge in [0.2, 0.25) is 0 Å². The molecular formula is C13H19NO2. The summed E-state index contributed by atoms with van der Waals surface area (Å²) in [7, 11) is 1.36. The lowest BCUT2D eigenvalue weighted by Gasteiger charge is -2.08. The lowest BCUT2D eigenvalue weighted by Crippen LogP contribution is -2.31. The van der Waals surface area contributed by atoms with Crippen LogP contribution in [0, 0.1) is 6.92 Å². The first kappa shape index (κ1) is 12.7. The summed E-state index contributed by atoms with van der Waals surface area (Å²) < 4.78 is 4.57. The minimum absolute atomic E-state index is 0.329. The van der Waals surface area contributed by atoms with Gasteiger partial charge in [0.15, 0.2) is 0 Å². The van der Waals surface area contributed by atoms with Crippen molar-refractivity contribution in [3.05, 3.63) is 35.4 Å². The van der Waals surface area contributed by atoms with Crippen LogP contribution in [-0.4, -0.2) is 19.1 Å². The third kappa shape index (κ3) is 4.03. The van der Waals surface area contributed by atoms with Crippen LogP contribution in [0.3, 0.4) is 0 Å². The van der Waals surface area contributed by atoms with Crippen LogP contribution in [-0.2, 0) is 16.0 Å². The van der Waals surface area contributed by atoms with Crippen LogP contribution in [0.25, 0.3) is 0 Å². The first-order chi connectivity index (χ1) is 7.63. The summed E-state index contributed by atoms with van der Waals surface area (Å²) in [4.78, 5) is 11.1. The van der Waals surface area contributed by atoms with Gasteiger partial charge in [-0.15, -0.1) is 0 Å². The number of carbonyl (C=O) groups excluding carboxylic acids is 1. The molecule has 3 nitrogen and oxygen atoms in total. The van der Waals surface area contributed by atoms with E-state index in [9.17, 15) is 4.79 Å². The van der Waals surface area contributed by atoms with Crippen LogP contribution in [0.2, 0.25) is 0 Å². The van der Waals surface area contributed by atoms with E-state index in [0.29, 0.717) is 6.42 Å². The molecule has 2 N–H and O–H groups in total. The average molecular weight is 221 g/mol. The fourth-order valence-corrected chi connectivity index (χ4v) is 1.66. The number of esters is 1. The maximum atomic E-state index is 11.1. The molecule has 0 amide bonds. The van der Waals surface area contributed by atoms with Crippen molar-refractivity contribution in [2.24, 2.45) is 5.73 Å². The van der Waals surface area contributed by atoms with Gasteiger partial charge in [0.05, 0.1) is 7.11 Å². The molecular weight excluding hydrogens is 202 g/mol. The zero-order valence-electron chi connectivity index (χ0n) is 9.90. The third-order valence-corrected chi connectivity index (χ3v) is 2.57. The molecule has 1 rings (SSSR count).